The maximum absolute atomic E-state index is 12.0. The lowest BCUT2D eigenvalue weighted by Gasteiger charge is -2.20. The number of hydrogen-bond acceptors (Lipinski definition) is 5. The maximum Gasteiger partial charge on any atom is 0.238 e. The SMILES string of the molecule is CCCN(CCO)CC(=O)Nc1ccc(N)cc1OC. The number of rotatable bonds is 8. The van der Waals surface area contributed by atoms with Crippen molar-refractivity contribution in [3.63, 3.8) is 0 Å². The Balaban J connectivity index is 2.65. The van der Waals surface area contributed by atoms with Crippen LogP contribution in [0.4, 0.5) is 11.4 Å². The third kappa shape index (κ3) is 5.07. The average Bonchev–Trinajstić information content (AvgIpc) is 2.41. The monoisotopic (exact) mass is 281 g/mol. The molecule has 0 aliphatic heterocycles. The zero-order chi connectivity index (χ0) is 15.0. The topological polar surface area (TPSA) is 87.8 Å². The number of carbonyl (C=O) groups is 1. The molecule has 4 N–H and O–H groups in total. The molecule has 0 aliphatic carbocycles. The number of benzene rings is 1. The van der Waals surface area contributed by atoms with Crippen LogP contribution in [0.15, 0.2) is 18.2 Å². The first-order valence-electron chi connectivity index (χ1n) is 6.67. The van der Waals surface area contributed by atoms with Gasteiger partial charge in [-0.2, -0.15) is 0 Å². The molecule has 0 fully saturated rings. The molecule has 0 saturated heterocycles. The summed E-state index contributed by atoms with van der Waals surface area (Å²) in [5.74, 6) is 0.387. The zero-order valence-corrected chi connectivity index (χ0v) is 12.1. The minimum Gasteiger partial charge on any atom is -0.494 e. The Morgan fingerprint density at radius 2 is 2.20 bits per heavy atom. The minimum absolute atomic E-state index is 0.0402. The van der Waals surface area contributed by atoms with Crippen molar-refractivity contribution in [3.8, 4) is 5.75 Å². The molecule has 0 saturated carbocycles. The number of anilines is 2. The molecule has 0 aromatic heterocycles. The largest absolute Gasteiger partial charge is 0.494 e. The molecule has 0 atom stereocenters. The summed E-state index contributed by atoms with van der Waals surface area (Å²) in [6, 6.07) is 5.07. The van der Waals surface area contributed by atoms with E-state index in [0.717, 1.165) is 13.0 Å². The van der Waals surface area contributed by atoms with Crippen molar-refractivity contribution >= 4 is 17.3 Å². The van der Waals surface area contributed by atoms with E-state index >= 15 is 0 Å². The highest BCUT2D eigenvalue weighted by molar-refractivity contribution is 5.94. The smallest absolute Gasteiger partial charge is 0.238 e. The van der Waals surface area contributed by atoms with Gasteiger partial charge in [-0.3, -0.25) is 9.69 Å². The van der Waals surface area contributed by atoms with Crippen LogP contribution in [0.3, 0.4) is 0 Å². The third-order valence-corrected chi connectivity index (χ3v) is 2.82. The summed E-state index contributed by atoms with van der Waals surface area (Å²) < 4.78 is 5.18. The molecule has 0 spiro atoms. The highest BCUT2D eigenvalue weighted by atomic mass is 16.5. The zero-order valence-electron chi connectivity index (χ0n) is 12.1. The molecule has 1 rings (SSSR count). The van der Waals surface area contributed by atoms with Gasteiger partial charge in [0, 0.05) is 18.3 Å². The number of nitrogens with one attached hydrogen (secondary N) is 1. The number of nitrogen functional groups attached to an aromatic ring is 1. The van der Waals surface area contributed by atoms with Gasteiger partial charge in [0.1, 0.15) is 5.75 Å². The van der Waals surface area contributed by atoms with Crippen LogP contribution in [-0.4, -0.2) is 49.3 Å². The Hall–Kier alpha value is -1.79. The van der Waals surface area contributed by atoms with Crippen molar-refractivity contribution in [3.05, 3.63) is 18.2 Å². The van der Waals surface area contributed by atoms with E-state index in [1.54, 1.807) is 18.2 Å². The first kappa shape index (κ1) is 16.3. The second-order valence-corrected chi connectivity index (χ2v) is 4.51. The summed E-state index contributed by atoms with van der Waals surface area (Å²) in [4.78, 5) is 13.9. The molecule has 112 valence electrons. The third-order valence-electron chi connectivity index (χ3n) is 2.82. The van der Waals surface area contributed by atoms with Gasteiger partial charge in [0.05, 0.1) is 25.9 Å². The highest BCUT2D eigenvalue weighted by Gasteiger charge is 2.12. The fraction of sp³-hybridized carbons (Fsp3) is 0.500. The summed E-state index contributed by atoms with van der Waals surface area (Å²) in [5.41, 5.74) is 6.83. The number of methoxy groups -OCH3 is 1. The maximum atomic E-state index is 12.0. The second-order valence-electron chi connectivity index (χ2n) is 4.51. The summed E-state index contributed by atoms with van der Waals surface area (Å²) >= 11 is 0. The first-order valence-corrected chi connectivity index (χ1v) is 6.67. The van der Waals surface area contributed by atoms with E-state index in [1.807, 2.05) is 11.8 Å². The van der Waals surface area contributed by atoms with E-state index in [4.69, 9.17) is 15.6 Å². The average molecular weight is 281 g/mol. The van der Waals surface area contributed by atoms with Crippen molar-refractivity contribution in [1.82, 2.24) is 4.90 Å². The lowest BCUT2D eigenvalue weighted by Crippen LogP contribution is -2.35. The second kappa shape index (κ2) is 8.39. The molecule has 0 heterocycles. The summed E-state index contributed by atoms with van der Waals surface area (Å²) in [6.45, 7) is 3.57. The lowest BCUT2D eigenvalue weighted by molar-refractivity contribution is -0.117. The molecular formula is C14H23N3O3. The molecule has 1 aromatic carbocycles. The van der Waals surface area contributed by atoms with Gasteiger partial charge in [-0.05, 0) is 25.1 Å². The van der Waals surface area contributed by atoms with Gasteiger partial charge in [0.25, 0.3) is 0 Å². The standard InChI is InChI=1S/C14H23N3O3/c1-3-6-17(7-8-18)10-14(19)16-12-5-4-11(15)9-13(12)20-2/h4-5,9,18H,3,6-8,10,15H2,1-2H3,(H,16,19). The number of aliphatic hydroxyl groups excluding tert-OH is 1. The fourth-order valence-corrected chi connectivity index (χ4v) is 1.93. The van der Waals surface area contributed by atoms with Crippen LogP contribution in [0.25, 0.3) is 0 Å². The van der Waals surface area contributed by atoms with E-state index in [9.17, 15) is 4.79 Å². The van der Waals surface area contributed by atoms with Gasteiger partial charge >= 0.3 is 0 Å². The number of nitrogens with zero attached hydrogens (tertiary/aromatic N) is 1. The molecule has 1 aromatic rings. The Morgan fingerprint density at radius 1 is 1.45 bits per heavy atom. The normalized spacial score (nSPS) is 10.6. The van der Waals surface area contributed by atoms with Gasteiger partial charge in [0.2, 0.25) is 5.91 Å². The van der Waals surface area contributed by atoms with Gasteiger partial charge < -0.3 is 20.9 Å². The van der Waals surface area contributed by atoms with Crippen LogP contribution < -0.4 is 15.8 Å². The first-order chi connectivity index (χ1) is 9.60. The van der Waals surface area contributed by atoms with Crippen LogP contribution >= 0.6 is 0 Å². The van der Waals surface area contributed by atoms with Gasteiger partial charge in [-0.1, -0.05) is 6.92 Å². The van der Waals surface area contributed by atoms with Crippen LogP contribution in [0.2, 0.25) is 0 Å². The molecule has 6 nitrogen and oxygen atoms in total. The van der Waals surface area contributed by atoms with E-state index in [-0.39, 0.29) is 19.1 Å². The fourth-order valence-electron chi connectivity index (χ4n) is 1.93. The lowest BCUT2D eigenvalue weighted by atomic mass is 10.2. The predicted molar refractivity (Wildman–Crippen MR) is 79.9 cm³/mol. The number of carbonyl (C=O) groups excluding carboxylic acids is 1. The minimum atomic E-state index is -0.144. The number of aliphatic hydroxyl groups is 1. The number of hydrogen-bond donors (Lipinski definition) is 3. The van der Waals surface area contributed by atoms with Gasteiger partial charge in [-0.25, -0.2) is 0 Å². The summed E-state index contributed by atoms with van der Waals surface area (Å²) in [6.07, 6.45) is 0.929. The van der Waals surface area contributed by atoms with E-state index in [0.29, 0.717) is 23.7 Å². The summed E-state index contributed by atoms with van der Waals surface area (Å²) in [5, 5.41) is 11.8. The van der Waals surface area contributed by atoms with Crippen molar-refractivity contribution in [2.45, 2.75) is 13.3 Å². The number of amides is 1. The molecule has 0 unspecified atom stereocenters. The van der Waals surface area contributed by atoms with Crippen LogP contribution in [0.5, 0.6) is 5.75 Å². The van der Waals surface area contributed by atoms with Crippen LogP contribution in [0, 0.1) is 0 Å². The van der Waals surface area contributed by atoms with E-state index in [1.165, 1.54) is 7.11 Å². The Labute approximate surface area is 119 Å². The van der Waals surface area contributed by atoms with E-state index < -0.39 is 0 Å². The van der Waals surface area contributed by atoms with Crippen molar-refractivity contribution in [2.24, 2.45) is 0 Å². The highest BCUT2D eigenvalue weighted by Crippen LogP contribution is 2.26. The number of nitrogens with two attached hydrogens (primary N) is 1. The molecule has 0 radical (unpaired) electrons. The molecule has 0 aliphatic rings. The Kier molecular flexibility index (Phi) is 6.83. The molecule has 6 heteroatoms. The molecule has 0 bridgehead atoms. The summed E-state index contributed by atoms with van der Waals surface area (Å²) in [7, 11) is 1.53. The molecule has 20 heavy (non-hydrogen) atoms. The van der Waals surface area contributed by atoms with Gasteiger partial charge in [-0.15, -0.1) is 0 Å². The van der Waals surface area contributed by atoms with Crippen molar-refractivity contribution in [2.75, 3.05) is 44.4 Å². The van der Waals surface area contributed by atoms with Crippen molar-refractivity contribution in [1.29, 1.82) is 0 Å². The van der Waals surface area contributed by atoms with Crippen LogP contribution in [-0.2, 0) is 4.79 Å². The Bertz CT molecular complexity index is 432. The molecular weight excluding hydrogens is 258 g/mol. The van der Waals surface area contributed by atoms with Gasteiger partial charge in [0.15, 0.2) is 0 Å². The number of ether oxygens (including phenoxy) is 1. The quantitative estimate of drug-likeness (QED) is 0.617. The van der Waals surface area contributed by atoms with Crippen LogP contribution in [0.1, 0.15) is 13.3 Å². The van der Waals surface area contributed by atoms with E-state index in [2.05, 4.69) is 5.32 Å². The Morgan fingerprint density at radius 3 is 2.80 bits per heavy atom. The van der Waals surface area contributed by atoms with Crippen molar-refractivity contribution < 1.29 is 14.6 Å². The predicted octanol–water partition coefficient (Wildman–Crippen LogP) is 0.920. The molecule has 1 amide bonds.